The molecule has 1 atom stereocenters. The Balaban J connectivity index is 1.98. The fourth-order valence-electron chi connectivity index (χ4n) is 2.85. The maximum Gasteiger partial charge on any atom is 0.0765 e. The van der Waals surface area contributed by atoms with Crippen LogP contribution in [0, 0.1) is 0 Å². The molecule has 1 fully saturated rings. The maximum atomic E-state index is 9.32. The summed E-state index contributed by atoms with van der Waals surface area (Å²) < 4.78 is 2.10. The van der Waals surface area contributed by atoms with Crippen LogP contribution in [0.3, 0.4) is 0 Å². The van der Waals surface area contributed by atoms with Crippen molar-refractivity contribution in [1.82, 2.24) is 14.7 Å². The predicted molar refractivity (Wildman–Crippen MR) is 72.4 cm³/mol. The predicted octanol–water partition coefficient (Wildman–Crippen LogP) is 2.20. The van der Waals surface area contributed by atoms with E-state index in [-0.39, 0.29) is 6.61 Å². The lowest BCUT2D eigenvalue weighted by molar-refractivity contribution is 0.152. The summed E-state index contributed by atoms with van der Waals surface area (Å²) in [6.07, 6.45) is 6.65. The van der Waals surface area contributed by atoms with Crippen LogP contribution in [-0.4, -0.2) is 39.0 Å². The van der Waals surface area contributed by atoms with E-state index in [9.17, 15) is 5.11 Å². The molecule has 1 aliphatic rings. The molecular formula is C14H25N3O. The van der Waals surface area contributed by atoms with E-state index >= 15 is 0 Å². The zero-order valence-corrected chi connectivity index (χ0v) is 11.5. The van der Waals surface area contributed by atoms with E-state index in [1.165, 1.54) is 6.42 Å². The Hall–Kier alpha value is -0.870. The topological polar surface area (TPSA) is 41.3 Å². The highest BCUT2D eigenvalue weighted by Crippen LogP contribution is 2.20. The number of hydrogen-bond acceptors (Lipinski definition) is 3. The molecular weight excluding hydrogens is 226 g/mol. The van der Waals surface area contributed by atoms with Gasteiger partial charge in [0.2, 0.25) is 0 Å². The van der Waals surface area contributed by atoms with Crippen LogP contribution in [0.2, 0.25) is 0 Å². The Bertz CT molecular complexity index is 360. The van der Waals surface area contributed by atoms with Crippen molar-refractivity contribution in [1.29, 1.82) is 0 Å². The minimum atomic E-state index is 0.271. The second-order valence-electron chi connectivity index (χ2n) is 5.21. The monoisotopic (exact) mass is 251 g/mol. The van der Waals surface area contributed by atoms with Gasteiger partial charge in [-0.2, -0.15) is 5.10 Å². The molecule has 1 aliphatic heterocycles. The summed E-state index contributed by atoms with van der Waals surface area (Å²) >= 11 is 0. The van der Waals surface area contributed by atoms with Crippen molar-refractivity contribution < 1.29 is 5.11 Å². The second kappa shape index (κ2) is 6.34. The molecule has 4 nitrogen and oxygen atoms in total. The SMILES string of the molecule is CCC(CC)n1ccc(CN2CCC[C@H]2CO)n1. The molecule has 0 bridgehead atoms. The van der Waals surface area contributed by atoms with Crippen LogP contribution in [0.1, 0.15) is 51.3 Å². The molecule has 0 aliphatic carbocycles. The largest absolute Gasteiger partial charge is 0.395 e. The molecule has 2 rings (SSSR count). The molecule has 1 N–H and O–H groups in total. The molecule has 1 aromatic rings. The fourth-order valence-corrected chi connectivity index (χ4v) is 2.85. The Morgan fingerprint density at radius 3 is 2.89 bits per heavy atom. The molecule has 4 heteroatoms. The van der Waals surface area contributed by atoms with E-state index in [2.05, 4.69) is 40.8 Å². The molecule has 0 saturated carbocycles. The number of aliphatic hydroxyl groups is 1. The van der Waals surface area contributed by atoms with Crippen molar-refractivity contribution in [3.8, 4) is 0 Å². The van der Waals surface area contributed by atoms with Gasteiger partial charge < -0.3 is 5.11 Å². The quantitative estimate of drug-likeness (QED) is 0.842. The number of nitrogens with zero attached hydrogens (tertiary/aromatic N) is 3. The normalized spacial score (nSPS) is 21.0. The zero-order valence-electron chi connectivity index (χ0n) is 11.5. The molecule has 0 amide bonds. The lowest BCUT2D eigenvalue weighted by Gasteiger charge is -2.21. The minimum absolute atomic E-state index is 0.271. The van der Waals surface area contributed by atoms with Crippen molar-refractivity contribution in [2.45, 2.75) is 58.2 Å². The van der Waals surface area contributed by atoms with Crippen LogP contribution >= 0.6 is 0 Å². The molecule has 1 saturated heterocycles. The lowest BCUT2D eigenvalue weighted by atomic mass is 10.2. The van der Waals surface area contributed by atoms with Gasteiger partial charge in [0.25, 0.3) is 0 Å². The first-order valence-corrected chi connectivity index (χ1v) is 7.17. The highest BCUT2D eigenvalue weighted by molar-refractivity contribution is 5.01. The fraction of sp³-hybridized carbons (Fsp3) is 0.786. The number of likely N-dealkylation sites (tertiary alicyclic amines) is 1. The van der Waals surface area contributed by atoms with Gasteiger partial charge in [-0.1, -0.05) is 13.8 Å². The first-order chi connectivity index (χ1) is 8.78. The summed E-state index contributed by atoms with van der Waals surface area (Å²) in [4.78, 5) is 2.35. The first kappa shape index (κ1) is 13.6. The van der Waals surface area contributed by atoms with E-state index in [1.54, 1.807) is 0 Å². The third-order valence-corrected chi connectivity index (χ3v) is 4.06. The highest BCUT2D eigenvalue weighted by Gasteiger charge is 2.24. The van der Waals surface area contributed by atoms with E-state index in [1.807, 2.05) is 0 Å². The van der Waals surface area contributed by atoms with Gasteiger partial charge in [0.1, 0.15) is 0 Å². The van der Waals surface area contributed by atoms with Gasteiger partial charge in [0.05, 0.1) is 18.3 Å². The third kappa shape index (κ3) is 2.93. The number of aliphatic hydroxyl groups excluding tert-OH is 1. The first-order valence-electron chi connectivity index (χ1n) is 7.17. The summed E-state index contributed by atoms with van der Waals surface area (Å²) in [7, 11) is 0. The van der Waals surface area contributed by atoms with E-state index < -0.39 is 0 Å². The smallest absolute Gasteiger partial charge is 0.0765 e. The van der Waals surface area contributed by atoms with Gasteiger partial charge in [0, 0.05) is 18.8 Å². The van der Waals surface area contributed by atoms with Crippen LogP contribution in [0.4, 0.5) is 0 Å². The number of rotatable bonds is 6. The van der Waals surface area contributed by atoms with Gasteiger partial charge in [-0.25, -0.2) is 0 Å². The van der Waals surface area contributed by atoms with Crippen molar-refractivity contribution in [2.24, 2.45) is 0 Å². The maximum absolute atomic E-state index is 9.32. The van der Waals surface area contributed by atoms with E-state index in [0.717, 1.165) is 38.0 Å². The van der Waals surface area contributed by atoms with Crippen molar-refractivity contribution in [2.75, 3.05) is 13.2 Å². The Labute approximate surface area is 110 Å². The van der Waals surface area contributed by atoms with Gasteiger partial charge in [-0.3, -0.25) is 9.58 Å². The van der Waals surface area contributed by atoms with Crippen molar-refractivity contribution in [3.05, 3.63) is 18.0 Å². The van der Waals surface area contributed by atoms with Gasteiger partial charge in [-0.15, -0.1) is 0 Å². The summed E-state index contributed by atoms with van der Waals surface area (Å²) in [6, 6.07) is 2.97. The van der Waals surface area contributed by atoms with Crippen LogP contribution in [0.25, 0.3) is 0 Å². The summed E-state index contributed by atoms with van der Waals surface area (Å²) in [5.41, 5.74) is 1.13. The van der Waals surface area contributed by atoms with E-state index in [4.69, 9.17) is 0 Å². The lowest BCUT2D eigenvalue weighted by Crippen LogP contribution is -2.31. The summed E-state index contributed by atoms with van der Waals surface area (Å²) in [5.74, 6) is 0. The van der Waals surface area contributed by atoms with Crippen LogP contribution in [0.15, 0.2) is 12.3 Å². The van der Waals surface area contributed by atoms with Crippen molar-refractivity contribution >= 4 is 0 Å². The zero-order chi connectivity index (χ0) is 13.0. The third-order valence-electron chi connectivity index (χ3n) is 4.06. The second-order valence-corrected chi connectivity index (χ2v) is 5.21. The molecule has 102 valence electrons. The van der Waals surface area contributed by atoms with Gasteiger partial charge in [-0.05, 0) is 38.3 Å². The average molecular weight is 251 g/mol. The molecule has 0 radical (unpaired) electrons. The minimum Gasteiger partial charge on any atom is -0.395 e. The van der Waals surface area contributed by atoms with Crippen molar-refractivity contribution in [3.63, 3.8) is 0 Å². The summed E-state index contributed by atoms with van der Waals surface area (Å²) in [5, 5.41) is 14.0. The molecule has 1 aromatic heterocycles. The Morgan fingerprint density at radius 2 is 2.22 bits per heavy atom. The average Bonchev–Trinajstić information content (AvgIpc) is 3.01. The van der Waals surface area contributed by atoms with E-state index in [0.29, 0.717) is 12.1 Å². The van der Waals surface area contributed by atoms with Gasteiger partial charge >= 0.3 is 0 Å². The number of aromatic nitrogens is 2. The molecule has 2 heterocycles. The van der Waals surface area contributed by atoms with Crippen LogP contribution in [-0.2, 0) is 6.54 Å². The molecule has 0 unspecified atom stereocenters. The Kier molecular flexibility index (Phi) is 4.78. The number of hydrogen-bond donors (Lipinski definition) is 1. The molecule has 18 heavy (non-hydrogen) atoms. The highest BCUT2D eigenvalue weighted by atomic mass is 16.3. The summed E-state index contributed by atoms with van der Waals surface area (Å²) in [6.45, 7) is 6.64. The van der Waals surface area contributed by atoms with Gasteiger partial charge in [0.15, 0.2) is 0 Å². The Morgan fingerprint density at radius 1 is 1.44 bits per heavy atom. The molecule has 0 aromatic carbocycles. The molecule has 0 spiro atoms. The standard InChI is InChI=1S/C14H25N3O/c1-3-13(4-2)17-9-7-12(15-17)10-16-8-5-6-14(16)11-18/h7,9,13-14,18H,3-6,8,10-11H2,1-2H3/t14-/m0/s1. The van der Waals surface area contributed by atoms with Crippen LogP contribution < -0.4 is 0 Å². The van der Waals surface area contributed by atoms with Crippen LogP contribution in [0.5, 0.6) is 0 Å².